The van der Waals surface area contributed by atoms with Gasteiger partial charge in [-0.2, -0.15) is 15.2 Å². The molecule has 2 aromatic rings. The summed E-state index contributed by atoms with van der Waals surface area (Å²) in [6.45, 7) is 3.70. The van der Waals surface area contributed by atoms with Gasteiger partial charge < -0.3 is 9.47 Å². The van der Waals surface area contributed by atoms with Crippen LogP contribution in [0.5, 0.6) is 11.5 Å². The summed E-state index contributed by atoms with van der Waals surface area (Å²) in [6, 6.07) is 2.85. The minimum Gasteiger partial charge on any atom is -0.490 e. The van der Waals surface area contributed by atoms with Crippen molar-refractivity contribution in [2.24, 2.45) is 5.10 Å². The van der Waals surface area contributed by atoms with Crippen LogP contribution in [0.15, 0.2) is 22.0 Å². The molecule has 0 aliphatic carbocycles. The monoisotopic (exact) mass is 348 g/mol. The lowest BCUT2D eigenvalue weighted by molar-refractivity contribution is -0.385. The molecular weight excluding hydrogens is 332 g/mol. The summed E-state index contributed by atoms with van der Waals surface area (Å²) in [5.74, 6) is 0.439. The quantitative estimate of drug-likeness (QED) is 0.432. The summed E-state index contributed by atoms with van der Waals surface area (Å²) in [6.07, 6.45) is 1.33. The molecule has 0 atom stereocenters. The van der Waals surface area contributed by atoms with E-state index in [4.69, 9.17) is 9.47 Å². The first-order valence-corrected chi connectivity index (χ1v) is 7.17. The molecule has 1 heterocycles. The molecule has 2 N–H and O–H groups in total. The van der Waals surface area contributed by atoms with Gasteiger partial charge >= 0.3 is 11.4 Å². The molecule has 11 heteroatoms. The van der Waals surface area contributed by atoms with Crippen molar-refractivity contribution in [2.45, 2.75) is 13.8 Å². The van der Waals surface area contributed by atoms with Crippen LogP contribution in [0, 0.1) is 17.0 Å². The highest BCUT2D eigenvalue weighted by molar-refractivity contribution is 5.83. The van der Waals surface area contributed by atoms with Crippen LogP contribution in [-0.2, 0) is 0 Å². The number of anilines is 1. The molecule has 11 nitrogen and oxygen atoms in total. The lowest BCUT2D eigenvalue weighted by Crippen LogP contribution is -2.15. The molecule has 0 aliphatic rings. The summed E-state index contributed by atoms with van der Waals surface area (Å²) in [4.78, 5) is 25.5. The van der Waals surface area contributed by atoms with Crippen molar-refractivity contribution < 1.29 is 14.4 Å². The number of nitrogens with zero attached hydrogens (tertiary/aromatic N) is 4. The molecule has 0 amide bonds. The zero-order valence-electron chi connectivity index (χ0n) is 13.8. The predicted octanol–water partition coefficient (Wildman–Crippen LogP) is 1.23. The van der Waals surface area contributed by atoms with Crippen molar-refractivity contribution >= 4 is 17.7 Å². The van der Waals surface area contributed by atoms with Crippen molar-refractivity contribution in [1.29, 1.82) is 0 Å². The van der Waals surface area contributed by atoms with Crippen LogP contribution in [0.25, 0.3) is 0 Å². The SMILES string of the molecule is CCOc1cc(/C=N/Nc2nc(=O)[nH]nc2C)cc([N+](=O)[O-])c1OC. The van der Waals surface area contributed by atoms with Gasteiger partial charge in [-0.1, -0.05) is 0 Å². The van der Waals surface area contributed by atoms with E-state index in [1.54, 1.807) is 19.9 Å². The van der Waals surface area contributed by atoms with Crippen LogP contribution in [0.3, 0.4) is 0 Å². The number of benzene rings is 1. The molecule has 0 bridgehead atoms. The number of aromatic nitrogens is 3. The van der Waals surface area contributed by atoms with Gasteiger partial charge in [-0.05, 0) is 19.9 Å². The highest BCUT2D eigenvalue weighted by atomic mass is 16.6. The first-order valence-electron chi connectivity index (χ1n) is 7.17. The maximum Gasteiger partial charge on any atom is 0.363 e. The van der Waals surface area contributed by atoms with Gasteiger partial charge in [-0.3, -0.25) is 15.5 Å². The third kappa shape index (κ3) is 4.28. The summed E-state index contributed by atoms with van der Waals surface area (Å²) < 4.78 is 10.4. The number of nitro groups is 1. The van der Waals surface area contributed by atoms with Gasteiger partial charge in [0.2, 0.25) is 5.75 Å². The topological polar surface area (TPSA) is 145 Å². The third-order valence-electron chi connectivity index (χ3n) is 3.02. The van der Waals surface area contributed by atoms with Crippen molar-refractivity contribution in [3.8, 4) is 11.5 Å². The Bertz CT molecular complexity index is 863. The molecule has 1 aromatic carbocycles. The third-order valence-corrected chi connectivity index (χ3v) is 3.02. The molecule has 132 valence electrons. The van der Waals surface area contributed by atoms with Gasteiger partial charge in [-0.25, -0.2) is 9.89 Å². The van der Waals surface area contributed by atoms with E-state index in [9.17, 15) is 14.9 Å². The molecule has 0 saturated carbocycles. The second-order valence-corrected chi connectivity index (χ2v) is 4.71. The molecular formula is C14H16N6O5. The van der Waals surface area contributed by atoms with Crippen LogP contribution in [-0.4, -0.2) is 40.0 Å². The molecule has 0 fully saturated rings. The normalized spacial score (nSPS) is 10.7. The lowest BCUT2D eigenvalue weighted by atomic mass is 10.2. The predicted molar refractivity (Wildman–Crippen MR) is 89.4 cm³/mol. The zero-order chi connectivity index (χ0) is 18.4. The Morgan fingerprint density at radius 3 is 2.88 bits per heavy atom. The van der Waals surface area contributed by atoms with Crippen LogP contribution in [0.2, 0.25) is 0 Å². The Kier molecular flexibility index (Phi) is 5.61. The summed E-state index contributed by atoms with van der Waals surface area (Å²) >= 11 is 0. The average Bonchev–Trinajstić information content (AvgIpc) is 2.57. The highest BCUT2D eigenvalue weighted by Gasteiger charge is 2.21. The second kappa shape index (κ2) is 7.86. The van der Waals surface area contributed by atoms with E-state index in [1.165, 1.54) is 19.4 Å². The van der Waals surface area contributed by atoms with Crippen LogP contribution in [0.1, 0.15) is 18.2 Å². The zero-order valence-corrected chi connectivity index (χ0v) is 13.8. The van der Waals surface area contributed by atoms with Crippen LogP contribution >= 0.6 is 0 Å². The number of hydrogen-bond acceptors (Lipinski definition) is 9. The Hall–Kier alpha value is -3.50. The van der Waals surface area contributed by atoms with E-state index >= 15 is 0 Å². The standard InChI is InChI=1S/C14H16N6O5/c1-4-25-11-6-9(5-10(20(22)23)12(11)24-3)7-15-18-13-8(2)17-19-14(21)16-13/h5-7H,4H2,1-3H3,(H2,16,18,19,21)/b15-7+. The number of rotatable bonds is 7. The minimum atomic E-state index is -0.623. The maximum atomic E-state index is 11.2. The Balaban J connectivity index is 2.33. The average molecular weight is 348 g/mol. The number of H-pyrrole nitrogens is 1. The van der Waals surface area contributed by atoms with Crippen molar-refractivity contribution in [1.82, 2.24) is 15.2 Å². The van der Waals surface area contributed by atoms with E-state index in [0.717, 1.165) is 0 Å². The minimum absolute atomic E-state index is 0.0354. The van der Waals surface area contributed by atoms with Crippen LogP contribution < -0.4 is 20.6 Å². The van der Waals surface area contributed by atoms with Crippen molar-refractivity contribution in [3.05, 3.63) is 44.0 Å². The van der Waals surface area contributed by atoms with Crippen molar-refractivity contribution in [2.75, 3.05) is 19.1 Å². The summed E-state index contributed by atoms with van der Waals surface area (Å²) in [7, 11) is 1.33. The number of nitro benzene ring substituents is 1. The van der Waals surface area contributed by atoms with Gasteiger partial charge in [-0.15, -0.1) is 0 Å². The van der Waals surface area contributed by atoms with Gasteiger partial charge in [0, 0.05) is 11.6 Å². The Labute approximate surface area is 141 Å². The molecule has 0 radical (unpaired) electrons. The van der Waals surface area contributed by atoms with Crippen molar-refractivity contribution in [3.63, 3.8) is 0 Å². The Morgan fingerprint density at radius 2 is 2.24 bits per heavy atom. The molecule has 25 heavy (non-hydrogen) atoms. The lowest BCUT2D eigenvalue weighted by Gasteiger charge is -2.10. The second-order valence-electron chi connectivity index (χ2n) is 4.71. The summed E-state index contributed by atoms with van der Waals surface area (Å²) in [5, 5.41) is 21.1. The number of ether oxygens (including phenoxy) is 2. The number of aromatic amines is 1. The fraction of sp³-hybridized carbons (Fsp3) is 0.286. The van der Waals surface area contributed by atoms with Crippen LogP contribution in [0.4, 0.5) is 11.5 Å². The number of aryl methyl sites for hydroxylation is 1. The van der Waals surface area contributed by atoms with E-state index in [2.05, 4.69) is 25.7 Å². The molecule has 0 saturated heterocycles. The molecule has 1 aromatic heterocycles. The Morgan fingerprint density at radius 1 is 1.48 bits per heavy atom. The van der Waals surface area contributed by atoms with E-state index in [1.807, 2.05) is 0 Å². The molecule has 0 aliphatic heterocycles. The van der Waals surface area contributed by atoms with Gasteiger partial charge in [0.1, 0.15) is 5.69 Å². The largest absolute Gasteiger partial charge is 0.490 e. The van der Waals surface area contributed by atoms with Gasteiger partial charge in [0.05, 0.1) is 24.9 Å². The highest BCUT2D eigenvalue weighted by Crippen LogP contribution is 2.37. The first-order chi connectivity index (χ1) is 12.0. The first kappa shape index (κ1) is 17.8. The summed E-state index contributed by atoms with van der Waals surface area (Å²) in [5.41, 5.74) is 2.53. The van der Waals surface area contributed by atoms with E-state index < -0.39 is 10.6 Å². The maximum absolute atomic E-state index is 11.2. The number of hydrogen-bond donors (Lipinski definition) is 2. The number of nitrogens with one attached hydrogen (secondary N) is 2. The fourth-order valence-electron chi connectivity index (χ4n) is 1.95. The number of hydrazone groups is 1. The van der Waals surface area contributed by atoms with Gasteiger partial charge in [0.25, 0.3) is 0 Å². The fourth-order valence-corrected chi connectivity index (χ4v) is 1.95. The molecule has 0 spiro atoms. The van der Waals surface area contributed by atoms with Gasteiger partial charge in [0.15, 0.2) is 11.6 Å². The molecule has 0 unspecified atom stereocenters. The smallest absolute Gasteiger partial charge is 0.363 e. The molecule has 2 rings (SSSR count). The number of methoxy groups -OCH3 is 1. The van der Waals surface area contributed by atoms with E-state index in [-0.39, 0.29) is 23.0 Å². The van der Waals surface area contributed by atoms with E-state index in [0.29, 0.717) is 17.9 Å².